The summed E-state index contributed by atoms with van der Waals surface area (Å²) in [6, 6.07) is 14.0. The van der Waals surface area contributed by atoms with Crippen molar-refractivity contribution in [1.82, 2.24) is 5.32 Å². The van der Waals surface area contributed by atoms with Crippen LogP contribution in [-0.2, 0) is 5.41 Å². The number of methoxy groups -OCH3 is 1. The molecule has 2 aromatic carbocycles. The Morgan fingerprint density at radius 3 is 2.62 bits per heavy atom. The number of hydrogen-bond acceptors (Lipinski definition) is 2. The summed E-state index contributed by atoms with van der Waals surface area (Å²) in [5, 5.41) is 3.08. The minimum atomic E-state index is -0.225. The van der Waals surface area contributed by atoms with E-state index in [4.69, 9.17) is 4.74 Å². The molecule has 0 bridgehead atoms. The molecule has 26 heavy (non-hydrogen) atoms. The summed E-state index contributed by atoms with van der Waals surface area (Å²) in [5.41, 5.74) is 1.28. The maximum absolute atomic E-state index is 13.8. The van der Waals surface area contributed by atoms with Gasteiger partial charge in [-0.15, -0.1) is 0 Å². The van der Waals surface area contributed by atoms with Crippen LogP contribution in [0.25, 0.3) is 0 Å². The van der Waals surface area contributed by atoms with Crippen molar-refractivity contribution in [3.8, 4) is 5.75 Å². The van der Waals surface area contributed by atoms with Gasteiger partial charge in [0.15, 0.2) is 0 Å². The molecule has 0 spiro atoms. The van der Waals surface area contributed by atoms with Crippen molar-refractivity contribution < 1.29 is 13.9 Å². The van der Waals surface area contributed by atoms with E-state index in [0.29, 0.717) is 23.8 Å². The molecular formula is C22H26FNO2. The van der Waals surface area contributed by atoms with Crippen LogP contribution in [0, 0.1) is 11.7 Å². The van der Waals surface area contributed by atoms with Crippen molar-refractivity contribution in [3.05, 3.63) is 65.5 Å². The average Bonchev–Trinajstić information content (AvgIpc) is 2.67. The molecule has 0 aromatic heterocycles. The summed E-state index contributed by atoms with van der Waals surface area (Å²) in [6.45, 7) is 2.75. The Hall–Kier alpha value is -2.36. The van der Waals surface area contributed by atoms with E-state index in [9.17, 15) is 9.18 Å². The normalized spacial score (nSPS) is 22.7. The predicted molar refractivity (Wildman–Crippen MR) is 101 cm³/mol. The maximum Gasteiger partial charge on any atom is 0.255 e. The molecule has 3 nitrogen and oxygen atoms in total. The molecule has 4 heteroatoms. The standard InChI is InChI=1S/C22H26FNO2/c1-16-10-12-22(13-11-16,17-6-5-7-18(23)14-17)15-24-21(25)19-8-3-4-9-20(19)26-2/h3-9,14,16H,10-13,15H2,1-2H3,(H,24,25). The van der Waals surface area contributed by atoms with E-state index in [1.165, 1.54) is 6.07 Å². The molecule has 1 aliphatic carbocycles. The van der Waals surface area contributed by atoms with Gasteiger partial charge in [0.25, 0.3) is 5.91 Å². The molecule has 3 rings (SSSR count). The van der Waals surface area contributed by atoms with Gasteiger partial charge in [0.2, 0.25) is 0 Å². The highest BCUT2D eigenvalue weighted by Crippen LogP contribution is 2.41. The van der Waals surface area contributed by atoms with E-state index >= 15 is 0 Å². The van der Waals surface area contributed by atoms with Crippen molar-refractivity contribution in [1.29, 1.82) is 0 Å². The Labute approximate surface area is 154 Å². The number of hydrogen-bond donors (Lipinski definition) is 1. The third kappa shape index (κ3) is 3.90. The number of benzene rings is 2. The molecule has 2 aromatic rings. The first kappa shape index (κ1) is 18.4. The van der Waals surface area contributed by atoms with E-state index in [0.717, 1.165) is 31.2 Å². The molecule has 0 heterocycles. The summed E-state index contributed by atoms with van der Waals surface area (Å²) in [5.74, 6) is 0.845. The average molecular weight is 355 g/mol. The third-order valence-corrected chi connectivity index (χ3v) is 5.61. The van der Waals surface area contributed by atoms with Gasteiger partial charge in [-0.2, -0.15) is 0 Å². The van der Waals surface area contributed by atoms with Gasteiger partial charge in [0, 0.05) is 12.0 Å². The summed E-state index contributed by atoms with van der Waals surface area (Å²) >= 11 is 0. The molecule has 1 amide bonds. The second-order valence-corrected chi connectivity index (χ2v) is 7.36. The molecule has 1 N–H and O–H groups in total. The van der Waals surface area contributed by atoms with Gasteiger partial charge < -0.3 is 10.1 Å². The number of ether oxygens (including phenoxy) is 1. The highest BCUT2D eigenvalue weighted by atomic mass is 19.1. The fourth-order valence-electron chi connectivity index (χ4n) is 3.88. The van der Waals surface area contributed by atoms with E-state index in [2.05, 4.69) is 12.2 Å². The van der Waals surface area contributed by atoms with Crippen molar-refractivity contribution >= 4 is 5.91 Å². The molecule has 0 atom stereocenters. The minimum Gasteiger partial charge on any atom is -0.496 e. The quantitative estimate of drug-likeness (QED) is 0.843. The lowest BCUT2D eigenvalue weighted by molar-refractivity contribution is 0.0930. The zero-order valence-electron chi connectivity index (χ0n) is 15.4. The fraction of sp³-hybridized carbons (Fsp3) is 0.409. The summed E-state index contributed by atoms with van der Waals surface area (Å²) < 4.78 is 19.1. The Bertz CT molecular complexity index is 766. The number of para-hydroxylation sites is 1. The van der Waals surface area contributed by atoms with Crippen molar-refractivity contribution in [2.45, 2.75) is 38.0 Å². The van der Waals surface area contributed by atoms with Crippen LogP contribution in [0.3, 0.4) is 0 Å². The molecule has 0 aliphatic heterocycles. The van der Waals surface area contributed by atoms with Crippen LogP contribution in [-0.4, -0.2) is 19.6 Å². The zero-order chi connectivity index (χ0) is 18.6. The van der Waals surface area contributed by atoms with Gasteiger partial charge in [-0.25, -0.2) is 4.39 Å². The van der Waals surface area contributed by atoms with Crippen LogP contribution in [0.4, 0.5) is 4.39 Å². The maximum atomic E-state index is 13.8. The lowest BCUT2D eigenvalue weighted by Gasteiger charge is -2.40. The first-order chi connectivity index (χ1) is 12.5. The van der Waals surface area contributed by atoms with Crippen LogP contribution >= 0.6 is 0 Å². The second kappa shape index (κ2) is 7.90. The second-order valence-electron chi connectivity index (χ2n) is 7.36. The summed E-state index contributed by atoms with van der Waals surface area (Å²) in [4.78, 5) is 12.7. The zero-order valence-corrected chi connectivity index (χ0v) is 15.4. The van der Waals surface area contributed by atoms with E-state index in [1.807, 2.05) is 18.2 Å². The largest absolute Gasteiger partial charge is 0.496 e. The smallest absolute Gasteiger partial charge is 0.255 e. The predicted octanol–water partition coefficient (Wildman–Crippen LogP) is 4.71. The monoisotopic (exact) mass is 355 g/mol. The fourth-order valence-corrected chi connectivity index (χ4v) is 3.88. The van der Waals surface area contributed by atoms with Gasteiger partial charge >= 0.3 is 0 Å². The van der Waals surface area contributed by atoms with Gasteiger partial charge in [0.1, 0.15) is 11.6 Å². The van der Waals surface area contributed by atoms with Gasteiger partial charge in [-0.05, 0) is 61.4 Å². The SMILES string of the molecule is COc1ccccc1C(=O)NCC1(c2cccc(F)c2)CCC(C)CC1. The van der Waals surface area contributed by atoms with Gasteiger partial charge in [-0.1, -0.05) is 31.2 Å². The van der Waals surface area contributed by atoms with Crippen LogP contribution in [0.15, 0.2) is 48.5 Å². The molecule has 1 saturated carbocycles. The van der Waals surface area contributed by atoms with Crippen LogP contribution < -0.4 is 10.1 Å². The Morgan fingerprint density at radius 1 is 1.19 bits per heavy atom. The highest BCUT2D eigenvalue weighted by Gasteiger charge is 2.36. The Morgan fingerprint density at radius 2 is 1.92 bits per heavy atom. The summed E-state index contributed by atoms with van der Waals surface area (Å²) in [6.07, 6.45) is 4.07. The van der Waals surface area contributed by atoms with Gasteiger partial charge in [-0.3, -0.25) is 4.79 Å². The van der Waals surface area contributed by atoms with E-state index in [1.54, 1.807) is 31.4 Å². The van der Waals surface area contributed by atoms with Crippen molar-refractivity contribution in [2.75, 3.05) is 13.7 Å². The topological polar surface area (TPSA) is 38.3 Å². The number of amides is 1. The highest BCUT2D eigenvalue weighted by molar-refractivity contribution is 5.96. The molecule has 0 saturated heterocycles. The Kier molecular flexibility index (Phi) is 5.60. The summed E-state index contributed by atoms with van der Waals surface area (Å²) in [7, 11) is 1.56. The molecule has 138 valence electrons. The van der Waals surface area contributed by atoms with Crippen molar-refractivity contribution in [3.63, 3.8) is 0 Å². The van der Waals surface area contributed by atoms with E-state index in [-0.39, 0.29) is 17.1 Å². The first-order valence-electron chi connectivity index (χ1n) is 9.21. The minimum absolute atomic E-state index is 0.156. The first-order valence-corrected chi connectivity index (χ1v) is 9.21. The van der Waals surface area contributed by atoms with Crippen molar-refractivity contribution in [2.24, 2.45) is 5.92 Å². The number of nitrogens with one attached hydrogen (secondary N) is 1. The number of carbonyl (C=O) groups is 1. The lowest BCUT2D eigenvalue weighted by Crippen LogP contribution is -2.43. The van der Waals surface area contributed by atoms with Crippen LogP contribution in [0.5, 0.6) is 5.75 Å². The van der Waals surface area contributed by atoms with Crippen LogP contribution in [0.2, 0.25) is 0 Å². The van der Waals surface area contributed by atoms with Crippen LogP contribution in [0.1, 0.15) is 48.5 Å². The molecule has 1 aliphatic rings. The third-order valence-electron chi connectivity index (χ3n) is 5.61. The molecule has 1 fully saturated rings. The molecule has 0 unspecified atom stereocenters. The Balaban J connectivity index is 1.81. The lowest BCUT2D eigenvalue weighted by atomic mass is 9.67. The van der Waals surface area contributed by atoms with Gasteiger partial charge in [0.05, 0.1) is 12.7 Å². The number of rotatable bonds is 5. The number of halogens is 1. The van der Waals surface area contributed by atoms with E-state index < -0.39 is 0 Å². The molecular weight excluding hydrogens is 329 g/mol. The molecule has 0 radical (unpaired) electrons. The number of carbonyl (C=O) groups excluding carboxylic acids is 1.